The zero-order valence-corrected chi connectivity index (χ0v) is 14.8. The third-order valence-corrected chi connectivity index (χ3v) is 4.92. The van der Waals surface area contributed by atoms with Gasteiger partial charge in [0.15, 0.2) is 5.69 Å². The maximum Gasteiger partial charge on any atom is 0.229 e. The molecule has 2 aromatic heterocycles. The fourth-order valence-electron chi connectivity index (χ4n) is 3.56. The van der Waals surface area contributed by atoms with Gasteiger partial charge in [-0.25, -0.2) is 4.85 Å². The van der Waals surface area contributed by atoms with Crippen molar-refractivity contribution < 1.29 is 8.98 Å². The number of hydrogen-bond acceptors (Lipinski definition) is 1. The number of benzene rings is 2. The predicted molar refractivity (Wildman–Crippen MR) is 101 cm³/mol. The van der Waals surface area contributed by atoms with E-state index in [4.69, 9.17) is 11.0 Å². The number of aromatic nitrogens is 1. The van der Waals surface area contributed by atoms with Crippen molar-refractivity contribution in [3.8, 4) is 11.3 Å². The van der Waals surface area contributed by atoms with Crippen LogP contribution in [0.5, 0.6) is 0 Å². The van der Waals surface area contributed by atoms with Crippen LogP contribution in [0.3, 0.4) is 0 Å². The van der Waals surface area contributed by atoms with Crippen LogP contribution in [0.2, 0.25) is 0 Å². The molecule has 122 valence electrons. The number of aryl methyl sites for hydroxylation is 3. The summed E-state index contributed by atoms with van der Waals surface area (Å²) in [6.45, 7) is 13.7. The topological polar surface area (TPSA) is 21.4 Å². The van der Waals surface area contributed by atoms with E-state index in [-0.39, 0.29) is 0 Å². The monoisotopic (exact) mass is 327 g/mol. The molecule has 0 spiro atoms. The van der Waals surface area contributed by atoms with Gasteiger partial charge in [-0.05, 0) is 25.0 Å². The first-order chi connectivity index (χ1) is 12.0. The van der Waals surface area contributed by atoms with Crippen LogP contribution in [0.15, 0.2) is 46.9 Å². The zero-order chi connectivity index (χ0) is 17.7. The molecule has 0 aliphatic heterocycles. The van der Waals surface area contributed by atoms with Crippen molar-refractivity contribution in [2.24, 2.45) is 7.05 Å². The highest BCUT2D eigenvalue weighted by atomic mass is 16.3. The molecule has 0 amide bonds. The molecule has 0 saturated heterocycles. The predicted octanol–water partition coefficient (Wildman–Crippen LogP) is 5.55. The first-order valence-corrected chi connectivity index (χ1v) is 8.31. The van der Waals surface area contributed by atoms with Crippen LogP contribution in [0, 0.1) is 27.3 Å². The van der Waals surface area contributed by atoms with Gasteiger partial charge in [-0.1, -0.05) is 30.3 Å². The molecule has 0 unspecified atom stereocenters. The second-order valence-electron chi connectivity index (χ2n) is 6.62. The van der Waals surface area contributed by atoms with Gasteiger partial charge in [-0.3, -0.25) is 0 Å². The lowest BCUT2D eigenvalue weighted by Gasteiger charge is -2.08. The van der Waals surface area contributed by atoms with Crippen LogP contribution >= 0.6 is 0 Å². The zero-order valence-electron chi connectivity index (χ0n) is 14.8. The highest BCUT2D eigenvalue weighted by Gasteiger charge is 2.22. The lowest BCUT2D eigenvalue weighted by molar-refractivity contribution is -0.666. The molecule has 0 radical (unpaired) electrons. The Labute approximate surface area is 147 Å². The van der Waals surface area contributed by atoms with E-state index in [1.807, 2.05) is 12.1 Å². The van der Waals surface area contributed by atoms with Crippen LogP contribution in [0.25, 0.3) is 38.0 Å². The van der Waals surface area contributed by atoms with Gasteiger partial charge in [0.1, 0.15) is 18.2 Å². The Balaban J connectivity index is 2.19. The van der Waals surface area contributed by atoms with Gasteiger partial charge >= 0.3 is 0 Å². The summed E-state index contributed by atoms with van der Waals surface area (Å²) in [5.74, 6) is 0. The first kappa shape index (κ1) is 15.4. The van der Waals surface area contributed by atoms with E-state index in [1.54, 1.807) is 6.07 Å². The number of nitrogens with zero attached hydrogens (tertiary/aromatic N) is 2. The average molecular weight is 327 g/mol. The molecule has 0 fully saturated rings. The molecule has 3 heteroatoms. The van der Waals surface area contributed by atoms with Crippen molar-refractivity contribution in [2.75, 3.05) is 0 Å². The minimum absolute atomic E-state index is 0.558. The molecule has 0 bridgehead atoms. The third-order valence-electron chi connectivity index (χ3n) is 4.92. The number of pyridine rings is 1. The lowest BCUT2D eigenvalue weighted by atomic mass is 9.99. The summed E-state index contributed by atoms with van der Waals surface area (Å²) in [5.41, 5.74) is 7.89. The normalized spacial score (nSPS) is 11.2. The van der Waals surface area contributed by atoms with Gasteiger partial charge in [0, 0.05) is 29.8 Å². The average Bonchev–Trinajstić information content (AvgIpc) is 2.96. The molecule has 4 rings (SSSR count). The maximum atomic E-state index is 7.41. The second-order valence-corrected chi connectivity index (χ2v) is 6.62. The van der Waals surface area contributed by atoms with E-state index in [0.29, 0.717) is 11.3 Å². The maximum absolute atomic E-state index is 7.41. The van der Waals surface area contributed by atoms with Gasteiger partial charge in [-0.15, -0.1) is 0 Å². The van der Waals surface area contributed by atoms with E-state index in [9.17, 15) is 0 Å². The van der Waals surface area contributed by atoms with E-state index >= 15 is 0 Å². The fourth-order valence-corrected chi connectivity index (χ4v) is 3.56. The van der Waals surface area contributed by atoms with Crippen LogP contribution < -0.4 is 4.57 Å². The smallest absolute Gasteiger partial charge is 0.229 e. The summed E-state index contributed by atoms with van der Waals surface area (Å²) >= 11 is 0. The van der Waals surface area contributed by atoms with Crippen LogP contribution in [0.4, 0.5) is 5.69 Å². The van der Waals surface area contributed by atoms with Crippen LogP contribution in [0.1, 0.15) is 16.8 Å². The van der Waals surface area contributed by atoms with Crippen LogP contribution in [-0.2, 0) is 7.05 Å². The van der Waals surface area contributed by atoms with Crippen LogP contribution in [-0.4, -0.2) is 0 Å². The van der Waals surface area contributed by atoms with Gasteiger partial charge in [-0.2, -0.15) is 4.57 Å². The molecule has 4 aromatic rings. The van der Waals surface area contributed by atoms with E-state index in [2.05, 4.69) is 61.5 Å². The van der Waals surface area contributed by atoms with Crippen molar-refractivity contribution in [1.82, 2.24) is 0 Å². The molecule has 0 aliphatic rings. The van der Waals surface area contributed by atoms with E-state index in [0.717, 1.165) is 33.2 Å². The second kappa shape index (κ2) is 5.46. The Bertz CT molecular complexity index is 1190. The summed E-state index contributed by atoms with van der Waals surface area (Å²) in [6.07, 6.45) is 0. The number of rotatable bonds is 1. The van der Waals surface area contributed by atoms with E-state index in [1.165, 1.54) is 11.3 Å². The molecule has 2 heterocycles. The molecular weight excluding hydrogens is 308 g/mol. The largest absolute Gasteiger partial charge is 0.466 e. The quantitative estimate of drug-likeness (QED) is 0.331. The lowest BCUT2D eigenvalue weighted by Crippen LogP contribution is -2.35. The molecular formula is C22H19N2O+. The summed E-state index contributed by atoms with van der Waals surface area (Å²) in [5, 5.41) is 2.05. The van der Waals surface area contributed by atoms with E-state index < -0.39 is 0 Å². The van der Waals surface area contributed by atoms with Crippen molar-refractivity contribution in [1.29, 1.82) is 0 Å². The summed E-state index contributed by atoms with van der Waals surface area (Å²) in [4.78, 5) is 3.62. The fraction of sp³-hybridized carbons (Fsp3) is 0.182. The number of hydrogen-bond donors (Lipinski definition) is 0. The van der Waals surface area contributed by atoms with Crippen molar-refractivity contribution >= 4 is 27.6 Å². The van der Waals surface area contributed by atoms with Crippen molar-refractivity contribution in [3.05, 3.63) is 70.7 Å². The standard InChI is InChI=1S/C22H19N2O/c1-13-11-15(3)24(5)19(12-13)20-14(2)9-10-17-16-7-6-8-18(23-4)21(16)25-22(17)20/h6-12H,1-3,5H3/q+1. The molecule has 0 saturated carbocycles. The van der Waals surface area contributed by atoms with Crippen molar-refractivity contribution in [2.45, 2.75) is 20.8 Å². The molecule has 0 aliphatic carbocycles. The summed E-state index contributed by atoms with van der Waals surface area (Å²) < 4.78 is 8.44. The number of fused-ring (bicyclic) bond motifs is 3. The highest BCUT2D eigenvalue weighted by molar-refractivity contribution is 6.12. The third kappa shape index (κ3) is 2.22. The van der Waals surface area contributed by atoms with Crippen molar-refractivity contribution in [3.63, 3.8) is 0 Å². The Morgan fingerprint density at radius 1 is 0.960 bits per heavy atom. The Kier molecular flexibility index (Phi) is 3.36. The number of para-hydroxylation sites is 1. The molecule has 0 atom stereocenters. The molecule has 0 N–H and O–H groups in total. The highest BCUT2D eigenvalue weighted by Crippen LogP contribution is 2.40. The van der Waals surface area contributed by atoms with Gasteiger partial charge in [0.25, 0.3) is 0 Å². The van der Waals surface area contributed by atoms with Gasteiger partial charge < -0.3 is 4.42 Å². The summed E-state index contributed by atoms with van der Waals surface area (Å²) in [7, 11) is 2.08. The first-order valence-electron chi connectivity index (χ1n) is 8.31. The van der Waals surface area contributed by atoms with Gasteiger partial charge in [0.05, 0.1) is 12.1 Å². The Hall–Kier alpha value is -3.12. The molecule has 3 nitrogen and oxygen atoms in total. The van der Waals surface area contributed by atoms with Gasteiger partial charge in [0.2, 0.25) is 11.4 Å². The Morgan fingerprint density at radius 3 is 2.48 bits per heavy atom. The summed E-state index contributed by atoms with van der Waals surface area (Å²) in [6, 6.07) is 14.3. The Morgan fingerprint density at radius 2 is 1.72 bits per heavy atom. The number of furan rings is 1. The molecule has 2 aromatic carbocycles. The molecule has 25 heavy (non-hydrogen) atoms. The minimum atomic E-state index is 0.558. The minimum Gasteiger partial charge on any atom is -0.466 e. The SMILES string of the molecule is [C-]#[N+]c1cccc2c1oc1c(-c3cc(C)cc(C)[n+]3C)c(C)ccc12.